The Morgan fingerprint density at radius 1 is 1.17 bits per heavy atom. The van der Waals surface area contributed by atoms with Crippen molar-refractivity contribution in [3.63, 3.8) is 0 Å². The number of allylic oxidation sites excluding steroid dienone is 4. The maximum Gasteiger partial charge on any atom is 0.254 e. The van der Waals surface area contributed by atoms with Crippen LogP contribution in [0.2, 0.25) is 0 Å². The highest BCUT2D eigenvalue weighted by molar-refractivity contribution is 7.13. The second-order valence-electron chi connectivity index (χ2n) is 5.80. The number of amides is 1. The van der Waals surface area contributed by atoms with Crippen LogP contribution in [0.5, 0.6) is 0 Å². The van der Waals surface area contributed by atoms with E-state index < -0.39 is 0 Å². The zero-order chi connectivity index (χ0) is 15.8. The second kappa shape index (κ2) is 5.66. The van der Waals surface area contributed by atoms with E-state index in [0.717, 1.165) is 23.5 Å². The third kappa shape index (κ3) is 2.47. The highest BCUT2D eigenvalue weighted by Gasteiger charge is 2.28. The van der Waals surface area contributed by atoms with Crippen LogP contribution in [-0.4, -0.2) is 16.3 Å². The predicted molar refractivity (Wildman–Crippen MR) is 89.9 cm³/mol. The Kier molecular flexibility index (Phi) is 3.50. The molecule has 5 heteroatoms. The molecule has 3 heterocycles. The normalized spacial score (nSPS) is 22.4. The van der Waals surface area contributed by atoms with Gasteiger partial charge in [0.1, 0.15) is 5.00 Å². The Balaban J connectivity index is 1.59. The van der Waals surface area contributed by atoms with Crippen LogP contribution in [0.25, 0.3) is 5.00 Å². The van der Waals surface area contributed by atoms with E-state index in [4.69, 9.17) is 0 Å². The molecule has 0 saturated carbocycles. The number of aromatic nitrogens is 1. The standard InChI is InChI=1S/C18H16N2O2S/c21-16-6-2-1-4-12(16)7-8-14-15-5-3-10-20(15)18-13(9-11-23-18)17(22)19-14/h1-6,9-12,14H,7-8H2,(H,19,22). The van der Waals surface area contributed by atoms with E-state index in [9.17, 15) is 9.59 Å². The fourth-order valence-electron chi connectivity index (χ4n) is 3.21. The lowest BCUT2D eigenvalue weighted by Gasteiger charge is -2.20. The van der Waals surface area contributed by atoms with Gasteiger partial charge >= 0.3 is 0 Å². The molecule has 2 aromatic rings. The Morgan fingerprint density at radius 2 is 2.09 bits per heavy atom. The van der Waals surface area contributed by atoms with E-state index in [1.165, 1.54) is 0 Å². The van der Waals surface area contributed by atoms with Crippen molar-refractivity contribution >= 4 is 23.0 Å². The topological polar surface area (TPSA) is 51.1 Å². The molecule has 2 aliphatic rings. The van der Waals surface area contributed by atoms with Crippen molar-refractivity contribution in [2.24, 2.45) is 5.92 Å². The van der Waals surface area contributed by atoms with Crippen LogP contribution < -0.4 is 5.32 Å². The number of ketones is 1. The van der Waals surface area contributed by atoms with Crippen LogP contribution in [0.4, 0.5) is 0 Å². The summed E-state index contributed by atoms with van der Waals surface area (Å²) in [5.41, 5.74) is 1.79. The van der Waals surface area contributed by atoms with Gasteiger partial charge in [-0.1, -0.05) is 18.2 Å². The monoisotopic (exact) mass is 324 g/mol. The summed E-state index contributed by atoms with van der Waals surface area (Å²) in [6.45, 7) is 0. The largest absolute Gasteiger partial charge is 0.344 e. The number of hydrogen-bond acceptors (Lipinski definition) is 3. The van der Waals surface area contributed by atoms with Gasteiger partial charge in [-0.15, -0.1) is 11.3 Å². The summed E-state index contributed by atoms with van der Waals surface area (Å²) < 4.78 is 2.08. The molecule has 23 heavy (non-hydrogen) atoms. The van der Waals surface area contributed by atoms with Crippen molar-refractivity contribution in [3.05, 3.63) is 65.3 Å². The fraction of sp³-hybridized carbons (Fsp3) is 0.222. The second-order valence-corrected chi connectivity index (χ2v) is 6.69. The quantitative estimate of drug-likeness (QED) is 0.940. The molecule has 2 aromatic heterocycles. The average Bonchev–Trinajstić information content (AvgIpc) is 3.19. The maximum absolute atomic E-state index is 12.4. The minimum Gasteiger partial charge on any atom is -0.344 e. The van der Waals surface area contributed by atoms with Gasteiger partial charge in [0.15, 0.2) is 5.78 Å². The molecule has 4 rings (SSSR count). The van der Waals surface area contributed by atoms with Crippen LogP contribution >= 0.6 is 11.3 Å². The lowest BCUT2D eigenvalue weighted by Crippen LogP contribution is -2.28. The van der Waals surface area contributed by atoms with Gasteiger partial charge in [-0.05, 0) is 42.5 Å². The smallest absolute Gasteiger partial charge is 0.254 e. The molecular weight excluding hydrogens is 308 g/mol. The molecule has 0 bridgehead atoms. The summed E-state index contributed by atoms with van der Waals surface area (Å²) in [7, 11) is 0. The Hall–Kier alpha value is -2.40. The molecule has 2 unspecified atom stereocenters. The molecule has 0 saturated heterocycles. The van der Waals surface area contributed by atoms with E-state index in [0.29, 0.717) is 5.56 Å². The molecule has 2 atom stereocenters. The zero-order valence-corrected chi connectivity index (χ0v) is 13.3. The third-order valence-electron chi connectivity index (χ3n) is 4.40. The van der Waals surface area contributed by atoms with Crippen LogP contribution in [0.1, 0.15) is 34.9 Å². The Morgan fingerprint density at radius 3 is 2.96 bits per heavy atom. The van der Waals surface area contributed by atoms with Crippen LogP contribution in [0.15, 0.2) is 54.1 Å². The summed E-state index contributed by atoms with van der Waals surface area (Å²) in [5.74, 6) is 0.0138. The lowest BCUT2D eigenvalue weighted by molar-refractivity contribution is -0.117. The summed E-state index contributed by atoms with van der Waals surface area (Å²) in [5, 5.41) is 6.01. The van der Waals surface area contributed by atoms with Gasteiger partial charge in [0.05, 0.1) is 11.6 Å². The number of rotatable bonds is 3. The lowest BCUT2D eigenvalue weighted by atomic mass is 9.92. The number of thiophene rings is 1. The Bertz CT molecular complexity index is 828. The summed E-state index contributed by atoms with van der Waals surface area (Å²) >= 11 is 1.57. The van der Waals surface area contributed by atoms with Crippen molar-refractivity contribution in [3.8, 4) is 5.00 Å². The van der Waals surface area contributed by atoms with E-state index in [1.807, 2.05) is 41.9 Å². The van der Waals surface area contributed by atoms with E-state index >= 15 is 0 Å². The molecule has 0 spiro atoms. The maximum atomic E-state index is 12.4. The molecule has 1 aliphatic carbocycles. The average molecular weight is 324 g/mol. The predicted octanol–water partition coefficient (Wildman–Crippen LogP) is 3.41. The molecule has 1 aliphatic heterocycles. The minimum atomic E-state index is -0.0855. The van der Waals surface area contributed by atoms with Gasteiger partial charge in [-0.25, -0.2) is 0 Å². The number of fused-ring (bicyclic) bond motifs is 3. The van der Waals surface area contributed by atoms with Crippen molar-refractivity contribution in [1.82, 2.24) is 9.88 Å². The van der Waals surface area contributed by atoms with Crippen LogP contribution in [0.3, 0.4) is 0 Å². The highest BCUT2D eigenvalue weighted by atomic mass is 32.1. The number of nitrogens with one attached hydrogen (secondary N) is 1. The summed E-state index contributed by atoms with van der Waals surface area (Å²) in [4.78, 5) is 24.4. The van der Waals surface area contributed by atoms with Crippen molar-refractivity contribution in [2.75, 3.05) is 0 Å². The Labute approximate surface area is 138 Å². The minimum absolute atomic E-state index is 0.0413. The highest BCUT2D eigenvalue weighted by Crippen LogP contribution is 2.32. The molecule has 116 valence electrons. The SMILES string of the molecule is O=C1NC(CCC2C=CC=CC2=O)c2cccn2-c2sccc21. The van der Waals surface area contributed by atoms with E-state index in [-0.39, 0.29) is 23.7 Å². The van der Waals surface area contributed by atoms with Crippen LogP contribution in [-0.2, 0) is 4.79 Å². The first-order valence-electron chi connectivity index (χ1n) is 7.69. The zero-order valence-electron chi connectivity index (χ0n) is 12.4. The third-order valence-corrected chi connectivity index (χ3v) is 5.31. The number of nitrogens with zero attached hydrogens (tertiary/aromatic N) is 1. The number of carbonyl (C=O) groups is 2. The first kappa shape index (κ1) is 14.2. The molecule has 0 radical (unpaired) electrons. The molecule has 0 aromatic carbocycles. The molecule has 1 amide bonds. The first-order chi connectivity index (χ1) is 11.2. The molecule has 0 fully saturated rings. The van der Waals surface area contributed by atoms with Gasteiger partial charge < -0.3 is 9.88 Å². The van der Waals surface area contributed by atoms with Crippen molar-refractivity contribution < 1.29 is 9.59 Å². The van der Waals surface area contributed by atoms with Gasteiger partial charge in [-0.2, -0.15) is 0 Å². The van der Waals surface area contributed by atoms with Gasteiger partial charge in [0.2, 0.25) is 0 Å². The van der Waals surface area contributed by atoms with E-state index in [2.05, 4.69) is 9.88 Å². The molecular formula is C18H16N2O2S. The van der Waals surface area contributed by atoms with Crippen molar-refractivity contribution in [2.45, 2.75) is 18.9 Å². The summed E-state index contributed by atoms with van der Waals surface area (Å²) in [6.07, 6.45) is 10.7. The molecule has 4 nitrogen and oxygen atoms in total. The van der Waals surface area contributed by atoms with E-state index in [1.54, 1.807) is 23.5 Å². The number of hydrogen-bond donors (Lipinski definition) is 1. The fourth-order valence-corrected chi connectivity index (χ4v) is 4.11. The van der Waals surface area contributed by atoms with Gasteiger partial charge in [0, 0.05) is 17.8 Å². The first-order valence-corrected chi connectivity index (χ1v) is 8.57. The number of carbonyl (C=O) groups excluding carboxylic acids is 2. The van der Waals surface area contributed by atoms with Crippen LogP contribution in [0, 0.1) is 5.92 Å². The van der Waals surface area contributed by atoms with Gasteiger partial charge in [0.25, 0.3) is 5.91 Å². The molecule has 1 N–H and O–H groups in total. The van der Waals surface area contributed by atoms with Gasteiger partial charge in [-0.3, -0.25) is 9.59 Å². The summed E-state index contributed by atoms with van der Waals surface area (Å²) in [6, 6.07) is 5.82. The van der Waals surface area contributed by atoms with Crippen molar-refractivity contribution in [1.29, 1.82) is 0 Å².